The number of rotatable bonds is 10. The van der Waals surface area contributed by atoms with Crippen molar-refractivity contribution >= 4 is 18.0 Å². The van der Waals surface area contributed by atoms with E-state index in [1.165, 1.54) is 12.1 Å². The molecular weight excluding hydrogens is 891 g/mol. The van der Waals surface area contributed by atoms with Crippen LogP contribution in [0.1, 0.15) is 65.9 Å². The number of amides is 1. The van der Waals surface area contributed by atoms with Gasteiger partial charge in [-0.3, -0.25) is 0 Å². The number of nitrogens with one attached hydrogen (secondary N) is 5. The molecule has 2 saturated heterocycles. The Morgan fingerprint density at radius 3 is 1.60 bits per heavy atom. The van der Waals surface area contributed by atoms with Crippen LogP contribution >= 0.6 is 0 Å². The number of hydrogen-bond donors (Lipinski definition) is 5. The zero-order valence-electron chi connectivity index (χ0n) is 37.0. The van der Waals surface area contributed by atoms with Crippen LogP contribution in [0, 0.1) is 0 Å². The fourth-order valence-electron chi connectivity index (χ4n) is 8.12. The third-order valence-electron chi connectivity index (χ3n) is 11.7. The summed E-state index contributed by atoms with van der Waals surface area (Å²) in [5.74, 6) is 2.42. The smallest absolute Gasteiger partial charge is 0.416 e. The quantitative estimate of drug-likeness (QED) is 0.0826. The van der Waals surface area contributed by atoms with Gasteiger partial charge in [0.2, 0.25) is 11.9 Å². The predicted molar refractivity (Wildman–Crippen MR) is 244 cm³/mol. The molecule has 3 aromatic carbocycles. The minimum absolute atomic E-state index is 0.0212. The van der Waals surface area contributed by atoms with Gasteiger partial charge in [-0.1, -0.05) is 54.6 Å². The van der Waals surface area contributed by atoms with E-state index in [1.807, 2.05) is 30.3 Å². The summed E-state index contributed by atoms with van der Waals surface area (Å²) in [4.78, 5) is 47.6. The van der Waals surface area contributed by atoms with Crippen LogP contribution < -0.4 is 16.0 Å². The summed E-state index contributed by atoms with van der Waals surface area (Å²) in [5.41, 5.74) is 3.20. The Bertz CT molecular complexity index is 2800. The number of benzene rings is 3. The number of likely N-dealkylation sites (tertiary alicyclic amines) is 1. The van der Waals surface area contributed by atoms with Crippen LogP contribution in [-0.2, 0) is 23.7 Å². The van der Waals surface area contributed by atoms with Crippen LogP contribution in [-0.4, -0.2) is 91.1 Å². The lowest BCUT2D eigenvalue weighted by Crippen LogP contribution is -2.38. The topological polar surface area (TPSA) is 175 Å². The molecule has 14 nitrogen and oxygen atoms in total. The van der Waals surface area contributed by atoms with Crippen LogP contribution in [0.3, 0.4) is 0 Å². The number of H-pyrrole nitrogens is 2. The monoisotopic (exact) mass is 938 g/mol. The van der Waals surface area contributed by atoms with Crippen LogP contribution in [0.15, 0.2) is 103 Å². The van der Waals surface area contributed by atoms with Crippen molar-refractivity contribution in [3.63, 3.8) is 0 Å². The average molecular weight is 939 g/mol. The van der Waals surface area contributed by atoms with Gasteiger partial charge < -0.3 is 35.6 Å². The van der Waals surface area contributed by atoms with Crippen LogP contribution in [0.4, 0.5) is 43.0 Å². The van der Waals surface area contributed by atoms with Gasteiger partial charge in [0.1, 0.15) is 18.3 Å². The highest BCUT2D eigenvalue weighted by Gasteiger charge is 2.33. The number of aromatic nitrogens is 8. The number of carbonyl (C=O) groups excluding carboxylic acids is 1. The van der Waals surface area contributed by atoms with E-state index in [0.717, 1.165) is 61.6 Å². The number of hydrogen-bond acceptors (Lipinski definition) is 11. The molecule has 0 radical (unpaired) electrons. The molecule has 0 saturated carbocycles. The van der Waals surface area contributed by atoms with E-state index >= 15 is 0 Å². The summed E-state index contributed by atoms with van der Waals surface area (Å²) in [5, 5.41) is 9.07. The number of carbonyl (C=O) groups is 1. The molecule has 0 aliphatic carbocycles. The zero-order chi connectivity index (χ0) is 47.8. The molecule has 6 heterocycles. The fraction of sp³-hybridized carbons (Fsp3) is 0.312. The van der Waals surface area contributed by atoms with Gasteiger partial charge >= 0.3 is 18.4 Å². The number of piperidine rings is 2. The number of anilines is 2. The van der Waals surface area contributed by atoms with Crippen LogP contribution in [0.5, 0.6) is 0 Å². The minimum atomic E-state index is -4.48. The van der Waals surface area contributed by atoms with E-state index in [-0.39, 0.29) is 24.5 Å². The lowest BCUT2D eigenvalue weighted by Gasteiger charge is -2.30. The molecule has 1 amide bonds. The molecule has 5 N–H and O–H groups in total. The van der Waals surface area contributed by atoms with Crippen molar-refractivity contribution in [3.8, 4) is 45.3 Å². The second kappa shape index (κ2) is 20.7. The first-order chi connectivity index (χ1) is 32.8. The Morgan fingerprint density at radius 1 is 0.647 bits per heavy atom. The Kier molecular flexibility index (Phi) is 14.3. The van der Waals surface area contributed by atoms with Gasteiger partial charge in [0.05, 0.1) is 45.3 Å². The SMILES string of the molecule is CNc1nccc(-c2[nH]c(C3CCN(C(=O)OCc4ccccc4)CC3)nc2-c2cccc(C(F)(F)F)c2)n1.CNc1nccc(-c2[nH]c(C3CCNCC3)nc2-c2cccc(C(F)(F)F)c2)n1. The Hall–Kier alpha value is -7.35. The van der Waals surface area contributed by atoms with Gasteiger partial charge in [-0.25, -0.2) is 34.7 Å². The van der Waals surface area contributed by atoms with E-state index < -0.39 is 23.5 Å². The molecule has 68 heavy (non-hydrogen) atoms. The summed E-state index contributed by atoms with van der Waals surface area (Å²) in [6, 6.07) is 23.2. The lowest BCUT2D eigenvalue weighted by atomic mass is 9.96. The van der Waals surface area contributed by atoms with Crippen molar-refractivity contribution in [1.82, 2.24) is 50.1 Å². The molecule has 7 aromatic rings. The molecule has 0 spiro atoms. The normalized spacial score (nSPS) is 14.8. The van der Waals surface area contributed by atoms with E-state index in [2.05, 4.69) is 45.9 Å². The largest absolute Gasteiger partial charge is 0.445 e. The molecule has 4 aromatic heterocycles. The molecular formula is C48H48F6N12O2. The average Bonchev–Trinajstić information content (AvgIpc) is 4.03. The Labute approximate surface area is 387 Å². The highest BCUT2D eigenvalue weighted by molar-refractivity contribution is 5.78. The van der Waals surface area contributed by atoms with Gasteiger partial charge in [-0.15, -0.1) is 0 Å². The Morgan fingerprint density at radius 2 is 1.13 bits per heavy atom. The van der Waals surface area contributed by atoms with Gasteiger partial charge in [-0.05, 0) is 80.7 Å². The number of aromatic amines is 2. The van der Waals surface area contributed by atoms with Crippen molar-refractivity contribution in [3.05, 3.63) is 132 Å². The number of halogens is 6. The van der Waals surface area contributed by atoms with Crippen LogP contribution in [0.25, 0.3) is 45.3 Å². The molecule has 0 bridgehead atoms. The molecule has 354 valence electrons. The molecule has 2 aliphatic rings. The van der Waals surface area contributed by atoms with Gasteiger partial charge in [0.25, 0.3) is 0 Å². The molecule has 0 unspecified atom stereocenters. The molecule has 0 atom stereocenters. The zero-order valence-corrected chi connectivity index (χ0v) is 37.0. The summed E-state index contributed by atoms with van der Waals surface area (Å²) in [6.07, 6.45) is -3.01. The maximum absolute atomic E-state index is 13.5. The van der Waals surface area contributed by atoms with Crippen molar-refractivity contribution in [1.29, 1.82) is 0 Å². The van der Waals surface area contributed by atoms with Gasteiger partial charge in [0.15, 0.2) is 0 Å². The number of nitrogens with zero attached hydrogens (tertiary/aromatic N) is 7. The van der Waals surface area contributed by atoms with E-state index in [1.54, 1.807) is 55.7 Å². The van der Waals surface area contributed by atoms with Crippen molar-refractivity contribution in [2.45, 2.75) is 56.5 Å². The van der Waals surface area contributed by atoms with Crippen molar-refractivity contribution in [2.75, 3.05) is 50.9 Å². The van der Waals surface area contributed by atoms with E-state index in [9.17, 15) is 31.1 Å². The highest BCUT2D eigenvalue weighted by Crippen LogP contribution is 2.39. The first-order valence-corrected chi connectivity index (χ1v) is 22.0. The van der Waals surface area contributed by atoms with E-state index in [0.29, 0.717) is 88.9 Å². The van der Waals surface area contributed by atoms with Crippen LogP contribution in [0.2, 0.25) is 0 Å². The molecule has 9 rings (SSSR count). The Balaban J connectivity index is 0.000000192. The predicted octanol–water partition coefficient (Wildman–Crippen LogP) is 10.2. The molecule has 20 heteroatoms. The minimum Gasteiger partial charge on any atom is -0.445 e. The first-order valence-electron chi connectivity index (χ1n) is 22.0. The van der Waals surface area contributed by atoms with Crippen molar-refractivity contribution in [2.24, 2.45) is 0 Å². The maximum atomic E-state index is 13.5. The molecule has 2 aliphatic heterocycles. The maximum Gasteiger partial charge on any atom is 0.416 e. The highest BCUT2D eigenvalue weighted by atomic mass is 19.4. The van der Waals surface area contributed by atoms with E-state index in [4.69, 9.17) is 14.7 Å². The third kappa shape index (κ3) is 11.2. The lowest BCUT2D eigenvalue weighted by molar-refractivity contribution is -0.138. The second-order valence-electron chi connectivity index (χ2n) is 16.2. The summed E-state index contributed by atoms with van der Waals surface area (Å²) in [6.45, 7) is 2.93. The number of imidazole rings is 2. The number of alkyl halides is 6. The second-order valence-corrected chi connectivity index (χ2v) is 16.2. The molecule has 2 fully saturated rings. The number of ether oxygens (including phenoxy) is 1. The first kappa shape index (κ1) is 47.2. The standard InChI is InChI=1S/C28H27F3N6O2.C20H21F3N6/c1-32-26-33-13-10-22(34-26)24-23(20-8-5-9-21(16-20)28(29,30)31)35-25(36-24)19-11-14-37(15-12-19)27(38)39-17-18-6-3-2-4-7-18;1-24-19-26-10-7-15(27-19)17-16(13-3-2-4-14(11-13)20(21,22)23)28-18(29-17)12-5-8-25-9-6-12/h2-10,13,16,19H,11-12,14-15,17H2,1H3,(H,35,36)(H,32,33,34);2-4,7,10-12,25H,5-6,8-9H2,1H3,(H,28,29)(H,24,26,27). The van der Waals surface area contributed by atoms with Gasteiger partial charge in [-0.2, -0.15) is 26.3 Å². The third-order valence-corrected chi connectivity index (χ3v) is 11.7. The summed E-state index contributed by atoms with van der Waals surface area (Å²) >= 11 is 0. The summed E-state index contributed by atoms with van der Waals surface area (Å²) in [7, 11) is 3.39. The van der Waals surface area contributed by atoms with Crippen molar-refractivity contribution < 1.29 is 35.9 Å². The summed E-state index contributed by atoms with van der Waals surface area (Å²) < 4.78 is 85.5. The fourth-order valence-corrected chi connectivity index (χ4v) is 8.12. The van der Waals surface area contributed by atoms with Gasteiger partial charge in [0, 0.05) is 62.5 Å².